The number of hydrogen-bond donors (Lipinski definition) is 1. The van der Waals surface area contributed by atoms with E-state index in [-0.39, 0.29) is 23.3 Å². The molecule has 5 heteroatoms. The van der Waals surface area contributed by atoms with E-state index < -0.39 is 0 Å². The van der Waals surface area contributed by atoms with Gasteiger partial charge in [0.2, 0.25) is 5.91 Å². The third-order valence-corrected chi connectivity index (χ3v) is 4.85. The van der Waals surface area contributed by atoms with Gasteiger partial charge in [0.15, 0.2) is 0 Å². The van der Waals surface area contributed by atoms with Crippen molar-refractivity contribution in [1.29, 1.82) is 0 Å². The molecule has 0 spiro atoms. The summed E-state index contributed by atoms with van der Waals surface area (Å²) in [6.45, 7) is 7.19. The van der Waals surface area contributed by atoms with Crippen molar-refractivity contribution in [2.24, 2.45) is 5.41 Å². The lowest BCUT2D eigenvalue weighted by Gasteiger charge is -2.36. The highest BCUT2D eigenvalue weighted by molar-refractivity contribution is 5.94. The minimum absolute atomic E-state index is 0.0909. The number of amides is 2. The predicted octanol–water partition coefficient (Wildman–Crippen LogP) is 4.25. The molecular formula is C23H28N2O3. The van der Waals surface area contributed by atoms with Gasteiger partial charge in [-0.1, -0.05) is 39.0 Å². The van der Waals surface area contributed by atoms with E-state index in [0.717, 1.165) is 18.6 Å². The van der Waals surface area contributed by atoms with Crippen molar-refractivity contribution in [2.75, 3.05) is 13.1 Å². The Morgan fingerprint density at radius 3 is 2.07 bits per heavy atom. The van der Waals surface area contributed by atoms with Crippen molar-refractivity contribution >= 4 is 11.8 Å². The number of piperidine rings is 1. The summed E-state index contributed by atoms with van der Waals surface area (Å²) < 4.78 is 5.76. The second-order valence-corrected chi connectivity index (χ2v) is 8.23. The molecular weight excluding hydrogens is 352 g/mol. The lowest BCUT2D eigenvalue weighted by Crippen LogP contribution is -2.49. The largest absolute Gasteiger partial charge is 0.457 e. The van der Waals surface area contributed by atoms with Gasteiger partial charge in [-0.15, -0.1) is 0 Å². The molecule has 0 bridgehead atoms. The van der Waals surface area contributed by atoms with Gasteiger partial charge in [0, 0.05) is 30.1 Å². The molecule has 148 valence electrons. The van der Waals surface area contributed by atoms with Gasteiger partial charge in [-0.2, -0.15) is 0 Å². The maximum atomic E-state index is 12.5. The number of para-hydroxylation sites is 1. The number of rotatable bonds is 4. The monoisotopic (exact) mass is 380 g/mol. The maximum Gasteiger partial charge on any atom is 0.251 e. The van der Waals surface area contributed by atoms with Gasteiger partial charge < -0.3 is 15.0 Å². The van der Waals surface area contributed by atoms with E-state index in [9.17, 15) is 9.59 Å². The number of likely N-dealkylation sites (tertiary alicyclic amines) is 1. The lowest BCUT2D eigenvalue weighted by atomic mass is 9.93. The fraction of sp³-hybridized carbons (Fsp3) is 0.391. The second kappa shape index (κ2) is 8.46. The topological polar surface area (TPSA) is 58.6 Å². The molecule has 1 aliphatic rings. The van der Waals surface area contributed by atoms with Crippen LogP contribution in [-0.4, -0.2) is 35.8 Å². The van der Waals surface area contributed by atoms with Crippen LogP contribution in [0.4, 0.5) is 0 Å². The normalized spacial score (nSPS) is 15.2. The molecule has 0 unspecified atom stereocenters. The number of carbonyl (C=O) groups is 2. The molecule has 28 heavy (non-hydrogen) atoms. The zero-order chi connectivity index (χ0) is 20.1. The Labute approximate surface area is 166 Å². The SMILES string of the molecule is CC(C)(C)C(=O)N1CCC(NC(=O)c2ccc(Oc3ccccc3)cc2)CC1. The van der Waals surface area contributed by atoms with Gasteiger partial charge in [-0.25, -0.2) is 0 Å². The quantitative estimate of drug-likeness (QED) is 0.863. The Hall–Kier alpha value is -2.82. The van der Waals surface area contributed by atoms with Crippen molar-refractivity contribution in [3.05, 3.63) is 60.2 Å². The first-order valence-corrected chi connectivity index (χ1v) is 9.76. The van der Waals surface area contributed by atoms with Crippen LogP contribution in [0.2, 0.25) is 0 Å². The molecule has 2 aromatic carbocycles. The molecule has 0 aliphatic carbocycles. The van der Waals surface area contributed by atoms with Crippen LogP contribution in [0.3, 0.4) is 0 Å². The van der Waals surface area contributed by atoms with Gasteiger partial charge in [-0.05, 0) is 49.2 Å². The van der Waals surface area contributed by atoms with Crippen molar-refractivity contribution in [1.82, 2.24) is 10.2 Å². The van der Waals surface area contributed by atoms with Crippen LogP contribution in [0.15, 0.2) is 54.6 Å². The summed E-state index contributed by atoms with van der Waals surface area (Å²) in [5, 5.41) is 3.08. The number of ether oxygens (including phenoxy) is 1. The Bertz CT molecular complexity index is 802. The van der Waals surface area contributed by atoms with Gasteiger partial charge in [0.25, 0.3) is 5.91 Å². The molecule has 0 aromatic heterocycles. The van der Waals surface area contributed by atoms with Crippen LogP contribution < -0.4 is 10.1 Å². The molecule has 0 saturated carbocycles. The van der Waals surface area contributed by atoms with E-state index in [1.54, 1.807) is 24.3 Å². The highest BCUT2D eigenvalue weighted by atomic mass is 16.5. The van der Waals surface area contributed by atoms with Crippen LogP contribution in [-0.2, 0) is 4.79 Å². The third-order valence-electron chi connectivity index (χ3n) is 4.85. The van der Waals surface area contributed by atoms with Gasteiger partial charge in [0.1, 0.15) is 11.5 Å². The lowest BCUT2D eigenvalue weighted by molar-refractivity contribution is -0.140. The molecule has 1 fully saturated rings. The van der Waals surface area contributed by atoms with Crippen molar-refractivity contribution in [3.8, 4) is 11.5 Å². The molecule has 1 saturated heterocycles. The fourth-order valence-corrected chi connectivity index (χ4v) is 3.27. The number of benzene rings is 2. The summed E-state index contributed by atoms with van der Waals surface area (Å²) >= 11 is 0. The molecule has 2 amide bonds. The summed E-state index contributed by atoms with van der Waals surface area (Å²) in [5.41, 5.74) is 0.244. The minimum atomic E-state index is -0.361. The van der Waals surface area contributed by atoms with Gasteiger partial charge >= 0.3 is 0 Å². The average Bonchev–Trinajstić information content (AvgIpc) is 2.68. The van der Waals surface area contributed by atoms with Crippen LogP contribution in [0.25, 0.3) is 0 Å². The molecule has 2 aromatic rings. The van der Waals surface area contributed by atoms with Crippen molar-refractivity contribution in [2.45, 2.75) is 39.7 Å². The van der Waals surface area contributed by atoms with Crippen LogP contribution in [0.1, 0.15) is 44.0 Å². The Balaban J connectivity index is 1.51. The molecule has 1 heterocycles. The van der Waals surface area contributed by atoms with Crippen molar-refractivity contribution < 1.29 is 14.3 Å². The van der Waals surface area contributed by atoms with Crippen LogP contribution in [0.5, 0.6) is 11.5 Å². The Morgan fingerprint density at radius 2 is 1.50 bits per heavy atom. The molecule has 1 N–H and O–H groups in total. The first-order valence-electron chi connectivity index (χ1n) is 9.76. The van der Waals surface area contributed by atoms with E-state index >= 15 is 0 Å². The average molecular weight is 380 g/mol. The van der Waals surface area contributed by atoms with E-state index in [1.807, 2.05) is 56.0 Å². The van der Waals surface area contributed by atoms with Gasteiger partial charge in [-0.3, -0.25) is 9.59 Å². The Kier molecular flexibility index (Phi) is 6.02. The summed E-state index contributed by atoms with van der Waals surface area (Å²) in [6, 6.07) is 16.8. The molecule has 3 rings (SSSR count). The summed E-state index contributed by atoms with van der Waals surface area (Å²) in [7, 11) is 0. The number of nitrogens with one attached hydrogen (secondary N) is 1. The van der Waals surface area contributed by atoms with E-state index in [2.05, 4.69) is 5.32 Å². The van der Waals surface area contributed by atoms with Crippen molar-refractivity contribution in [3.63, 3.8) is 0 Å². The molecule has 0 atom stereocenters. The smallest absolute Gasteiger partial charge is 0.251 e. The van der Waals surface area contributed by atoms with Crippen LogP contribution >= 0.6 is 0 Å². The molecule has 0 radical (unpaired) electrons. The minimum Gasteiger partial charge on any atom is -0.457 e. The van der Waals surface area contributed by atoms with E-state index in [1.165, 1.54) is 0 Å². The number of hydrogen-bond acceptors (Lipinski definition) is 3. The van der Waals surface area contributed by atoms with Gasteiger partial charge in [0.05, 0.1) is 0 Å². The first-order chi connectivity index (χ1) is 13.3. The third kappa shape index (κ3) is 5.12. The van der Waals surface area contributed by atoms with Crippen LogP contribution in [0, 0.1) is 5.41 Å². The standard InChI is InChI=1S/C23H28N2O3/c1-23(2,3)22(27)25-15-13-18(14-16-25)24-21(26)17-9-11-20(12-10-17)28-19-7-5-4-6-8-19/h4-12,18H,13-16H2,1-3H3,(H,24,26). The molecule has 5 nitrogen and oxygen atoms in total. The first kappa shape index (κ1) is 19.9. The number of nitrogens with zero attached hydrogens (tertiary/aromatic N) is 1. The zero-order valence-corrected chi connectivity index (χ0v) is 16.8. The summed E-state index contributed by atoms with van der Waals surface area (Å²) in [6.07, 6.45) is 1.56. The summed E-state index contributed by atoms with van der Waals surface area (Å²) in [4.78, 5) is 26.8. The fourth-order valence-electron chi connectivity index (χ4n) is 3.27. The zero-order valence-electron chi connectivity index (χ0n) is 16.8. The number of carbonyl (C=O) groups excluding carboxylic acids is 2. The second-order valence-electron chi connectivity index (χ2n) is 8.23. The highest BCUT2D eigenvalue weighted by Gasteiger charge is 2.30. The summed E-state index contributed by atoms with van der Waals surface area (Å²) in [5.74, 6) is 1.53. The van der Waals surface area contributed by atoms with E-state index in [0.29, 0.717) is 24.4 Å². The Morgan fingerprint density at radius 1 is 0.929 bits per heavy atom. The maximum absolute atomic E-state index is 12.5. The van der Waals surface area contributed by atoms with E-state index in [4.69, 9.17) is 4.74 Å². The molecule has 1 aliphatic heterocycles. The highest BCUT2D eigenvalue weighted by Crippen LogP contribution is 2.23. The predicted molar refractivity (Wildman–Crippen MR) is 109 cm³/mol.